The summed E-state index contributed by atoms with van der Waals surface area (Å²) in [5, 5.41) is 2.77. The van der Waals surface area contributed by atoms with Crippen LogP contribution in [0, 0.1) is 0 Å². The second-order valence-corrected chi connectivity index (χ2v) is 7.66. The molecule has 0 fully saturated rings. The van der Waals surface area contributed by atoms with E-state index < -0.39 is 0 Å². The van der Waals surface area contributed by atoms with Crippen molar-refractivity contribution in [2.24, 2.45) is 0 Å². The van der Waals surface area contributed by atoms with E-state index in [-0.39, 0.29) is 17.5 Å². The van der Waals surface area contributed by atoms with E-state index in [0.717, 1.165) is 16.0 Å². The predicted molar refractivity (Wildman–Crippen MR) is 120 cm³/mol. The van der Waals surface area contributed by atoms with Crippen molar-refractivity contribution in [3.05, 3.63) is 109 Å². The first-order chi connectivity index (χ1) is 14.7. The molecule has 0 saturated heterocycles. The molecule has 4 aromatic rings. The Morgan fingerprint density at radius 2 is 1.47 bits per heavy atom. The van der Waals surface area contributed by atoms with E-state index in [1.54, 1.807) is 12.1 Å². The molecular weight excluding hydrogens is 394 g/mol. The molecule has 1 aromatic heterocycles. The Labute approximate surface area is 178 Å². The second kappa shape index (κ2) is 9.29. The van der Waals surface area contributed by atoms with E-state index in [9.17, 15) is 9.59 Å². The number of Topliss-reactive ketones (excluding diaryl/α,β-unsaturated/α-hetero) is 1. The van der Waals surface area contributed by atoms with Gasteiger partial charge in [-0.3, -0.25) is 9.59 Å². The zero-order valence-electron chi connectivity index (χ0n) is 16.1. The Morgan fingerprint density at radius 3 is 2.13 bits per heavy atom. The lowest BCUT2D eigenvalue weighted by atomic mass is 10.0. The van der Waals surface area contributed by atoms with Crippen molar-refractivity contribution in [2.75, 3.05) is 11.1 Å². The summed E-state index contributed by atoms with van der Waals surface area (Å²) in [6, 6.07) is 28.4. The first-order valence-electron chi connectivity index (χ1n) is 9.45. The van der Waals surface area contributed by atoms with Gasteiger partial charge in [-0.05, 0) is 47.5 Å². The lowest BCUT2D eigenvalue weighted by Crippen LogP contribution is -2.10. The Morgan fingerprint density at radius 1 is 0.767 bits per heavy atom. The van der Waals surface area contributed by atoms with Crippen molar-refractivity contribution in [1.29, 1.82) is 0 Å². The summed E-state index contributed by atoms with van der Waals surface area (Å²) < 4.78 is 5.08. The maximum absolute atomic E-state index is 12.5. The van der Waals surface area contributed by atoms with Gasteiger partial charge in [0.1, 0.15) is 0 Å². The molecule has 0 unspecified atom stereocenters. The molecule has 5 heteroatoms. The van der Waals surface area contributed by atoms with Crippen LogP contribution in [0.15, 0.2) is 107 Å². The minimum atomic E-state index is -0.297. The van der Waals surface area contributed by atoms with Crippen LogP contribution in [0.1, 0.15) is 20.9 Å². The predicted octanol–water partition coefficient (Wildman–Crippen LogP) is 6.17. The third-order valence-corrected chi connectivity index (χ3v) is 5.55. The van der Waals surface area contributed by atoms with Gasteiger partial charge in [-0.15, -0.1) is 11.8 Å². The highest BCUT2D eigenvalue weighted by molar-refractivity contribution is 8.00. The van der Waals surface area contributed by atoms with Gasteiger partial charge in [0.05, 0.1) is 12.0 Å². The highest BCUT2D eigenvalue weighted by atomic mass is 32.2. The molecule has 0 aliphatic heterocycles. The largest absolute Gasteiger partial charge is 0.459 e. The molecule has 0 spiro atoms. The van der Waals surface area contributed by atoms with Gasteiger partial charge in [-0.2, -0.15) is 0 Å². The van der Waals surface area contributed by atoms with Crippen LogP contribution in [0.3, 0.4) is 0 Å². The first-order valence-corrected chi connectivity index (χ1v) is 10.4. The number of amides is 1. The molecule has 4 nitrogen and oxygen atoms in total. The minimum Gasteiger partial charge on any atom is -0.459 e. The lowest BCUT2D eigenvalue weighted by molar-refractivity contribution is 0.0994. The molecule has 1 N–H and O–H groups in total. The Hall–Kier alpha value is -3.57. The molecular formula is C25H19NO3S. The molecule has 4 rings (SSSR count). The molecule has 0 saturated carbocycles. The van der Waals surface area contributed by atoms with Crippen LogP contribution in [-0.4, -0.2) is 17.4 Å². The van der Waals surface area contributed by atoms with Gasteiger partial charge >= 0.3 is 0 Å². The van der Waals surface area contributed by atoms with E-state index in [2.05, 4.69) is 5.32 Å². The molecule has 1 heterocycles. The van der Waals surface area contributed by atoms with Gasteiger partial charge in [-0.25, -0.2) is 0 Å². The molecule has 3 aromatic carbocycles. The number of hydrogen-bond donors (Lipinski definition) is 1. The fourth-order valence-electron chi connectivity index (χ4n) is 2.95. The normalized spacial score (nSPS) is 10.5. The van der Waals surface area contributed by atoms with Crippen molar-refractivity contribution in [3.63, 3.8) is 0 Å². The lowest BCUT2D eigenvalue weighted by Gasteiger charge is -2.06. The monoisotopic (exact) mass is 413 g/mol. The van der Waals surface area contributed by atoms with Crippen LogP contribution in [-0.2, 0) is 0 Å². The summed E-state index contributed by atoms with van der Waals surface area (Å²) in [6.07, 6.45) is 1.46. The van der Waals surface area contributed by atoms with Gasteiger partial charge in [0.15, 0.2) is 11.5 Å². The maximum Gasteiger partial charge on any atom is 0.291 e. The number of thioether (sulfide) groups is 1. The number of benzene rings is 3. The maximum atomic E-state index is 12.5. The number of hydrogen-bond acceptors (Lipinski definition) is 4. The van der Waals surface area contributed by atoms with Crippen LogP contribution in [0.2, 0.25) is 0 Å². The van der Waals surface area contributed by atoms with E-state index in [1.165, 1.54) is 18.0 Å². The number of carbonyl (C=O) groups is 2. The van der Waals surface area contributed by atoms with Gasteiger partial charge in [0.2, 0.25) is 0 Å². The van der Waals surface area contributed by atoms with Crippen LogP contribution in [0.25, 0.3) is 11.1 Å². The summed E-state index contributed by atoms with van der Waals surface area (Å²) in [7, 11) is 0. The number of ketones is 1. The van der Waals surface area contributed by atoms with Crippen LogP contribution >= 0.6 is 11.8 Å². The number of nitrogens with one attached hydrogen (secondary N) is 1. The average molecular weight is 413 g/mol. The van der Waals surface area contributed by atoms with E-state index in [0.29, 0.717) is 17.0 Å². The summed E-state index contributed by atoms with van der Waals surface area (Å²) in [5.74, 6) is 0.393. The molecule has 148 valence electrons. The highest BCUT2D eigenvalue weighted by Gasteiger charge is 2.10. The topological polar surface area (TPSA) is 59.3 Å². The minimum absolute atomic E-state index is 0.0785. The van der Waals surface area contributed by atoms with E-state index in [4.69, 9.17) is 4.42 Å². The summed E-state index contributed by atoms with van der Waals surface area (Å²) in [6.45, 7) is 0. The molecule has 0 bridgehead atoms. The average Bonchev–Trinajstić information content (AvgIpc) is 3.34. The van der Waals surface area contributed by atoms with Crippen LogP contribution in [0.4, 0.5) is 5.69 Å². The molecule has 1 amide bonds. The zero-order valence-corrected chi connectivity index (χ0v) is 16.9. The number of carbonyl (C=O) groups excluding carboxylic acids is 2. The van der Waals surface area contributed by atoms with Gasteiger partial charge in [0, 0.05) is 16.1 Å². The Bertz CT molecular complexity index is 1120. The quantitative estimate of drug-likeness (QED) is 0.291. The van der Waals surface area contributed by atoms with E-state index in [1.807, 2.05) is 78.9 Å². The highest BCUT2D eigenvalue weighted by Crippen LogP contribution is 2.23. The number of rotatable bonds is 7. The van der Waals surface area contributed by atoms with Crippen molar-refractivity contribution < 1.29 is 14.0 Å². The molecule has 0 aliphatic carbocycles. The fourth-order valence-corrected chi connectivity index (χ4v) is 3.74. The third-order valence-electron chi connectivity index (χ3n) is 4.54. The Balaban J connectivity index is 1.32. The molecule has 0 radical (unpaired) electrons. The van der Waals surface area contributed by atoms with Crippen LogP contribution in [0.5, 0.6) is 0 Å². The first kappa shape index (κ1) is 19.7. The summed E-state index contributed by atoms with van der Waals surface area (Å²) in [4.78, 5) is 25.5. The van der Waals surface area contributed by atoms with Crippen molar-refractivity contribution in [1.82, 2.24) is 0 Å². The number of furan rings is 1. The number of anilines is 1. The molecule has 0 aliphatic rings. The van der Waals surface area contributed by atoms with Crippen molar-refractivity contribution in [3.8, 4) is 11.1 Å². The molecule has 30 heavy (non-hydrogen) atoms. The van der Waals surface area contributed by atoms with Crippen molar-refractivity contribution >= 4 is 29.1 Å². The van der Waals surface area contributed by atoms with E-state index >= 15 is 0 Å². The van der Waals surface area contributed by atoms with Crippen LogP contribution < -0.4 is 5.32 Å². The zero-order chi connectivity index (χ0) is 20.8. The standard InChI is InChI=1S/C25H19NO3S/c27-23(20-10-8-19(9-11-20)18-5-2-1-3-6-18)17-30-22-14-12-21(13-15-22)26-25(28)24-7-4-16-29-24/h1-16H,17H2,(H,26,28). The second-order valence-electron chi connectivity index (χ2n) is 6.61. The SMILES string of the molecule is O=C(CSc1ccc(NC(=O)c2ccco2)cc1)c1ccc(-c2ccccc2)cc1. The van der Waals surface area contributed by atoms with Crippen molar-refractivity contribution in [2.45, 2.75) is 4.90 Å². The summed E-state index contributed by atoms with van der Waals surface area (Å²) in [5.41, 5.74) is 3.59. The fraction of sp³-hybridized carbons (Fsp3) is 0.0400. The Kier molecular flexibility index (Phi) is 6.11. The van der Waals surface area contributed by atoms with Gasteiger partial charge < -0.3 is 9.73 Å². The third kappa shape index (κ3) is 4.88. The molecule has 0 atom stereocenters. The van der Waals surface area contributed by atoms with Gasteiger partial charge in [-0.1, -0.05) is 54.6 Å². The summed E-state index contributed by atoms with van der Waals surface area (Å²) >= 11 is 1.47. The van der Waals surface area contributed by atoms with Gasteiger partial charge in [0.25, 0.3) is 5.91 Å². The smallest absolute Gasteiger partial charge is 0.291 e.